The lowest BCUT2D eigenvalue weighted by Gasteiger charge is -2.33. The lowest BCUT2D eigenvalue weighted by molar-refractivity contribution is -0.125. The molecular weight excluding hydrogens is 162 g/mol. The lowest BCUT2D eigenvalue weighted by Crippen LogP contribution is -2.45. The molecule has 0 radical (unpaired) electrons. The summed E-state index contributed by atoms with van der Waals surface area (Å²) in [5.41, 5.74) is -0.0312. The number of hydrogen-bond acceptors (Lipinski definition) is 2. The maximum Gasteiger partial charge on any atom is 0.154 e. The quantitative estimate of drug-likeness (QED) is 0.569. The molecule has 13 heavy (non-hydrogen) atoms. The van der Waals surface area contributed by atoms with E-state index in [9.17, 15) is 4.79 Å². The van der Waals surface area contributed by atoms with Gasteiger partial charge < -0.3 is 0 Å². The van der Waals surface area contributed by atoms with E-state index in [4.69, 9.17) is 0 Å². The molecule has 0 unspecified atom stereocenters. The monoisotopic (exact) mass is 181 g/mol. The third kappa shape index (κ3) is 1.41. The number of rotatable bonds is 0. The second kappa shape index (κ2) is 3.41. The smallest absolute Gasteiger partial charge is 0.154 e. The summed E-state index contributed by atoms with van der Waals surface area (Å²) in [4.78, 5) is 14.2. The van der Waals surface area contributed by atoms with E-state index in [-0.39, 0.29) is 5.54 Å². The van der Waals surface area contributed by atoms with Crippen LogP contribution in [0.25, 0.3) is 0 Å². The summed E-state index contributed by atoms with van der Waals surface area (Å²) in [6.07, 6.45) is 8.15. The molecule has 1 saturated carbocycles. The van der Waals surface area contributed by atoms with Crippen molar-refractivity contribution in [2.24, 2.45) is 0 Å². The topological polar surface area (TPSA) is 20.3 Å². The molecule has 2 fully saturated rings. The predicted molar refractivity (Wildman–Crippen MR) is 52.7 cm³/mol. The Morgan fingerprint density at radius 3 is 2.23 bits per heavy atom. The first-order valence-electron chi connectivity index (χ1n) is 5.50. The fraction of sp³-hybridized carbons (Fsp3) is 0.909. The van der Waals surface area contributed by atoms with Crippen molar-refractivity contribution in [3.05, 3.63) is 0 Å². The molecule has 1 aliphatic heterocycles. The maximum absolute atomic E-state index is 11.9. The van der Waals surface area contributed by atoms with Crippen molar-refractivity contribution >= 4 is 5.78 Å². The van der Waals surface area contributed by atoms with Gasteiger partial charge in [0.25, 0.3) is 0 Å². The molecule has 0 amide bonds. The largest absolute Gasteiger partial charge is 0.298 e. The van der Waals surface area contributed by atoms with Gasteiger partial charge in [0, 0.05) is 13.0 Å². The summed E-state index contributed by atoms with van der Waals surface area (Å²) >= 11 is 0. The van der Waals surface area contributed by atoms with Crippen LogP contribution in [0.1, 0.15) is 44.9 Å². The Kier molecular flexibility index (Phi) is 2.41. The van der Waals surface area contributed by atoms with Gasteiger partial charge in [-0.25, -0.2) is 0 Å². The summed E-state index contributed by atoms with van der Waals surface area (Å²) in [5, 5.41) is 0. The van der Waals surface area contributed by atoms with Crippen LogP contribution in [0.2, 0.25) is 0 Å². The van der Waals surface area contributed by atoms with E-state index >= 15 is 0 Å². The van der Waals surface area contributed by atoms with Crippen LogP contribution in [0.3, 0.4) is 0 Å². The van der Waals surface area contributed by atoms with Gasteiger partial charge in [-0.05, 0) is 19.9 Å². The summed E-state index contributed by atoms with van der Waals surface area (Å²) in [6.45, 7) is 0.985. The average Bonchev–Trinajstić information content (AvgIpc) is 2.38. The number of Topliss-reactive ketones (excluding diaryl/α,β-unsaturated/α-hetero) is 1. The molecule has 2 rings (SSSR count). The zero-order chi connectivity index (χ0) is 9.31. The maximum atomic E-state index is 11.9. The number of nitrogens with zero attached hydrogens (tertiary/aromatic N) is 1. The first-order chi connectivity index (χ1) is 6.26. The Morgan fingerprint density at radius 2 is 1.77 bits per heavy atom. The highest BCUT2D eigenvalue weighted by Gasteiger charge is 2.45. The zero-order valence-electron chi connectivity index (χ0n) is 8.51. The molecule has 2 heteroatoms. The Labute approximate surface area is 80.3 Å². The lowest BCUT2D eigenvalue weighted by atomic mass is 9.87. The molecule has 2 nitrogen and oxygen atoms in total. The molecule has 0 aromatic carbocycles. The molecule has 2 aliphatic rings. The van der Waals surface area contributed by atoms with Crippen molar-refractivity contribution in [1.82, 2.24) is 4.90 Å². The Bertz CT molecular complexity index is 204. The molecule has 1 aliphatic carbocycles. The highest BCUT2D eigenvalue weighted by atomic mass is 16.1. The van der Waals surface area contributed by atoms with Crippen molar-refractivity contribution in [2.75, 3.05) is 13.6 Å². The van der Waals surface area contributed by atoms with Gasteiger partial charge in [-0.15, -0.1) is 0 Å². The van der Waals surface area contributed by atoms with Gasteiger partial charge in [0.2, 0.25) is 0 Å². The minimum Gasteiger partial charge on any atom is -0.298 e. The molecule has 0 N–H and O–H groups in total. The summed E-state index contributed by atoms with van der Waals surface area (Å²) in [6, 6.07) is 0. The van der Waals surface area contributed by atoms with E-state index in [1.165, 1.54) is 25.7 Å². The SMILES string of the molecule is CN1CCC(=O)C12CCCCCC2. The minimum atomic E-state index is -0.0312. The third-order valence-corrected chi connectivity index (χ3v) is 3.85. The van der Waals surface area contributed by atoms with Crippen LogP contribution < -0.4 is 0 Å². The van der Waals surface area contributed by atoms with Gasteiger partial charge >= 0.3 is 0 Å². The summed E-state index contributed by atoms with van der Waals surface area (Å²) < 4.78 is 0. The van der Waals surface area contributed by atoms with Crippen LogP contribution >= 0.6 is 0 Å². The van der Waals surface area contributed by atoms with Crippen LogP contribution in [0, 0.1) is 0 Å². The van der Waals surface area contributed by atoms with Crippen LogP contribution in [-0.2, 0) is 4.79 Å². The zero-order valence-corrected chi connectivity index (χ0v) is 8.51. The second-order valence-electron chi connectivity index (χ2n) is 4.54. The normalized spacial score (nSPS) is 29.5. The van der Waals surface area contributed by atoms with Crippen LogP contribution in [0.4, 0.5) is 0 Å². The molecule has 0 aromatic rings. The molecular formula is C11H19NO. The second-order valence-corrected chi connectivity index (χ2v) is 4.54. The average molecular weight is 181 g/mol. The van der Waals surface area contributed by atoms with Crippen LogP contribution in [0.15, 0.2) is 0 Å². The van der Waals surface area contributed by atoms with E-state index in [1.54, 1.807) is 0 Å². The predicted octanol–water partition coefficient (Wildman–Crippen LogP) is 1.98. The molecule has 0 bridgehead atoms. The summed E-state index contributed by atoms with van der Waals surface area (Å²) in [7, 11) is 2.12. The van der Waals surface area contributed by atoms with Crippen molar-refractivity contribution in [1.29, 1.82) is 0 Å². The third-order valence-electron chi connectivity index (χ3n) is 3.85. The fourth-order valence-electron chi connectivity index (χ4n) is 2.90. The number of ketones is 1. The van der Waals surface area contributed by atoms with Gasteiger partial charge in [-0.1, -0.05) is 25.7 Å². The van der Waals surface area contributed by atoms with Crippen LogP contribution in [0.5, 0.6) is 0 Å². The summed E-state index contributed by atoms with van der Waals surface area (Å²) in [5.74, 6) is 0.511. The Hall–Kier alpha value is -0.370. The number of hydrogen-bond donors (Lipinski definition) is 0. The first-order valence-corrected chi connectivity index (χ1v) is 5.50. The van der Waals surface area contributed by atoms with Gasteiger partial charge in [0.05, 0.1) is 5.54 Å². The van der Waals surface area contributed by atoms with Crippen molar-refractivity contribution in [2.45, 2.75) is 50.5 Å². The molecule has 1 saturated heterocycles. The molecule has 0 atom stereocenters. The number of likely N-dealkylation sites (tertiary alicyclic amines) is 1. The van der Waals surface area contributed by atoms with E-state index in [1.807, 2.05) is 0 Å². The van der Waals surface area contributed by atoms with Crippen molar-refractivity contribution in [3.8, 4) is 0 Å². The molecule has 1 heterocycles. The highest BCUT2D eigenvalue weighted by Crippen LogP contribution is 2.37. The van der Waals surface area contributed by atoms with Crippen LogP contribution in [-0.4, -0.2) is 29.8 Å². The molecule has 74 valence electrons. The first kappa shape index (κ1) is 9.20. The van der Waals surface area contributed by atoms with Gasteiger partial charge in [0.1, 0.15) is 0 Å². The van der Waals surface area contributed by atoms with E-state index < -0.39 is 0 Å². The Balaban J connectivity index is 2.19. The Morgan fingerprint density at radius 1 is 1.15 bits per heavy atom. The van der Waals surface area contributed by atoms with Gasteiger partial charge in [0.15, 0.2) is 5.78 Å². The van der Waals surface area contributed by atoms with Crippen molar-refractivity contribution in [3.63, 3.8) is 0 Å². The van der Waals surface area contributed by atoms with Gasteiger partial charge in [-0.2, -0.15) is 0 Å². The van der Waals surface area contributed by atoms with E-state index in [0.717, 1.165) is 25.8 Å². The molecule has 1 spiro atoms. The van der Waals surface area contributed by atoms with Gasteiger partial charge in [-0.3, -0.25) is 9.69 Å². The highest BCUT2D eigenvalue weighted by molar-refractivity contribution is 5.90. The number of carbonyl (C=O) groups excluding carboxylic acids is 1. The molecule has 0 aromatic heterocycles. The number of carbonyl (C=O) groups is 1. The van der Waals surface area contributed by atoms with E-state index in [0.29, 0.717) is 5.78 Å². The van der Waals surface area contributed by atoms with E-state index in [2.05, 4.69) is 11.9 Å². The minimum absolute atomic E-state index is 0.0312. The fourth-order valence-corrected chi connectivity index (χ4v) is 2.90. The standard InChI is InChI=1S/C11H19NO/c1-12-9-6-10(13)11(12)7-4-2-3-5-8-11/h2-9H2,1H3. The number of likely N-dealkylation sites (N-methyl/N-ethyl adjacent to an activating group) is 1. The van der Waals surface area contributed by atoms with Crippen molar-refractivity contribution < 1.29 is 4.79 Å².